The highest BCUT2D eigenvalue weighted by molar-refractivity contribution is 6.30. The van der Waals surface area contributed by atoms with Gasteiger partial charge in [0.15, 0.2) is 5.78 Å². The van der Waals surface area contributed by atoms with Gasteiger partial charge in [-0.25, -0.2) is 9.97 Å². The summed E-state index contributed by atoms with van der Waals surface area (Å²) in [5.74, 6) is 2.37. The second kappa shape index (κ2) is 12.2. The van der Waals surface area contributed by atoms with Crippen LogP contribution >= 0.6 is 11.6 Å². The first-order valence-corrected chi connectivity index (χ1v) is 19.6. The maximum atomic E-state index is 14.1. The van der Waals surface area contributed by atoms with Crippen LogP contribution in [-0.4, -0.2) is 49.7 Å². The van der Waals surface area contributed by atoms with E-state index in [9.17, 15) is 14.7 Å². The first kappa shape index (κ1) is 36.7. The number of rotatable bonds is 7. The van der Waals surface area contributed by atoms with Crippen molar-refractivity contribution in [2.75, 3.05) is 6.61 Å². The van der Waals surface area contributed by atoms with Gasteiger partial charge in [-0.05, 0) is 108 Å². The van der Waals surface area contributed by atoms with E-state index in [1.807, 2.05) is 13.8 Å². The average Bonchev–Trinajstić information content (AvgIpc) is 3.66. The van der Waals surface area contributed by atoms with Crippen LogP contribution in [0.3, 0.4) is 0 Å². The molecule has 8 unspecified atom stereocenters. The zero-order chi connectivity index (χ0) is 36.9. The van der Waals surface area contributed by atoms with Gasteiger partial charge in [0.25, 0.3) is 5.89 Å². The Kier molecular flexibility index (Phi) is 8.77. The molecule has 4 saturated carbocycles. The second-order valence-corrected chi connectivity index (χ2v) is 19.7. The molecule has 51 heavy (non-hydrogen) atoms. The number of ketones is 1. The summed E-state index contributed by atoms with van der Waals surface area (Å²) in [6.45, 7) is 20.4. The van der Waals surface area contributed by atoms with Crippen molar-refractivity contribution in [2.45, 2.75) is 138 Å². The van der Waals surface area contributed by atoms with E-state index in [4.69, 9.17) is 20.8 Å². The van der Waals surface area contributed by atoms with Gasteiger partial charge in [-0.3, -0.25) is 9.59 Å². The quantitative estimate of drug-likeness (QED) is 0.279. The number of Topliss-reactive ketones (excluding diaryl/α,β-unsaturated/α-hetero) is 1. The number of esters is 1. The highest BCUT2D eigenvalue weighted by Gasteiger charge is 2.71. The number of ether oxygens (including phenoxy) is 1. The van der Waals surface area contributed by atoms with Gasteiger partial charge in [-0.2, -0.15) is 0 Å². The van der Waals surface area contributed by atoms with Crippen molar-refractivity contribution >= 4 is 23.4 Å². The number of hydrogen-bond donors (Lipinski definition) is 1. The van der Waals surface area contributed by atoms with Crippen LogP contribution in [0.5, 0.6) is 0 Å². The summed E-state index contributed by atoms with van der Waals surface area (Å²) < 4.78 is 12.7. The van der Waals surface area contributed by atoms with E-state index in [2.05, 4.69) is 68.6 Å². The zero-order valence-corrected chi connectivity index (χ0v) is 32.8. The van der Waals surface area contributed by atoms with Crippen LogP contribution < -0.4 is 0 Å². The van der Waals surface area contributed by atoms with Gasteiger partial charge >= 0.3 is 5.97 Å². The van der Waals surface area contributed by atoms with E-state index in [0.717, 1.165) is 56.9 Å². The predicted octanol–water partition coefficient (Wildman–Crippen LogP) is 8.73. The highest BCUT2D eigenvalue weighted by Crippen LogP contribution is 2.76. The number of nitrogens with zero attached hydrogens (tertiary/aromatic N) is 4. The molecule has 5 aliphatic carbocycles. The molecule has 0 aliphatic heterocycles. The summed E-state index contributed by atoms with van der Waals surface area (Å²) in [5.41, 5.74) is 1.12. The van der Waals surface area contributed by atoms with Gasteiger partial charge in [0.05, 0.1) is 16.9 Å². The highest BCUT2D eigenvalue weighted by atomic mass is 35.5. The number of aliphatic hydroxyl groups excluding tert-OH is 1. The van der Waals surface area contributed by atoms with E-state index >= 15 is 0 Å². The minimum Gasteiger partial charge on any atom is -0.462 e. The van der Waals surface area contributed by atoms with Crippen molar-refractivity contribution in [2.24, 2.45) is 50.7 Å². The SMILES string of the molecule is CC(C)C1=C2C3CCC4C5(C)CCC(OC(=O)CC(C)(C)CO)C(C)(C)C5CCC4(C)C3(C)CCC2(c2nnc(-c3ncc(Cl)cn3)o2)CC1=O. The molecule has 7 rings (SSSR count). The summed E-state index contributed by atoms with van der Waals surface area (Å²) in [7, 11) is 0. The van der Waals surface area contributed by atoms with Crippen LogP contribution in [0.15, 0.2) is 28.0 Å². The summed E-state index contributed by atoms with van der Waals surface area (Å²) in [6, 6.07) is 0. The van der Waals surface area contributed by atoms with Crippen molar-refractivity contribution in [3.05, 3.63) is 34.5 Å². The van der Waals surface area contributed by atoms with Gasteiger partial charge in [0.2, 0.25) is 11.7 Å². The second-order valence-electron chi connectivity index (χ2n) is 19.3. The first-order chi connectivity index (χ1) is 23.8. The van der Waals surface area contributed by atoms with Crippen molar-refractivity contribution < 1.29 is 23.8 Å². The third-order valence-electron chi connectivity index (χ3n) is 15.3. The third kappa shape index (κ3) is 5.40. The molecule has 0 amide bonds. The Labute approximate surface area is 308 Å². The Morgan fingerprint density at radius 2 is 1.69 bits per heavy atom. The number of halogens is 1. The van der Waals surface area contributed by atoms with Gasteiger partial charge in [0.1, 0.15) is 6.10 Å². The monoisotopic (exact) mass is 720 g/mol. The van der Waals surface area contributed by atoms with Crippen molar-refractivity contribution in [3.8, 4) is 11.7 Å². The number of hydrogen-bond acceptors (Lipinski definition) is 9. The first-order valence-electron chi connectivity index (χ1n) is 19.2. The van der Waals surface area contributed by atoms with Gasteiger partial charge < -0.3 is 14.3 Å². The molecule has 0 saturated heterocycles. The molecule has 8 atom stereocenters. The molecule has 5 aliphatic rings. The molecule has 4 fully saturated rings. The molecule has 2 aromatic rings. The standard InChI is InChI=1S/C41H57ClN4O5/c1-23(2)31-26(48)18-41(35-46-45-34(51-35)33-43-20-24(42)21-44-33)17-16-39(8)25(32(31)41)10-11-28-38(7)14-13-29(50-30(49)19-36(3,4)22-47)37(5,6)27(38)12-15-40(28,39)9/h20-21,23,25,27-29,47H,10-19,22H2,1-9H3. The molecular formula is C41H57ClN4O5. The molecular weight excluding hydrogens is 664 g/mol. The molecule has 0 aromatic carbocycles. The summed E-state index contributed by atoms with van der Waals surface area (Å²) in [5, 5.41) is 19.2. The van der Waals surface area contributed by atoms with Crippen LogP contribution in [0.1, 0.15) is 132 Å². The maximum absolute atomic E-state index is 14.1. The minimum atomic E-state index is -0.614. The van der Waals surface area contributed by atoms with Crippen molar-refractivity contribution in [1.29, 1.82) is 0 Å². The number of allylic oxidation sites excluding steroid dienone is 2. The summed E-state index contributed by atoms with van der Waals surface area (Å²) in [6.07, 6.45) is 11.5. The smallest absolute Gasteiger partial charge is 0.306 e. The van der Waals surface area contributed by atoms with E-state index in [1.54, 1.807) is 0 Å². The molecule has 0 bridgehead atoms. The molecule has 9 nitrogen and oxygen atoms in total. The molecule has 0 radical (unpaired) electrons. The Hall–Kier alpha value is -2.65. The molecule has 2 heterocycles. The Bertz CT molecular complexity index is 1750. The van der Waals surface area contributed by atoms with E-state index in [-0.39, 0.29) is 70.3 Å². The molecule has 0 spiro atoms. The normalized spacial score (nSPS) is 37.5. The van der Waals surface area contributed by atoms with Gasteiger partial charge in [-0.15, -0.1) is 10.2 Å². The lowest BCUT2D eigenvalue weighted by molar-refractivity contribution is -0.232. The number of carbonyl (C=O) groups excluding carboxylic acids is 2. The fraction of sp³-hybridized carbons (Fsp3) is 0.756. The molecule has 2 aromatic heterocycles. The minimum absolute atomic E-state index is 0.0149. The Morgan fingerprint density at radius 3 is 2.35 bits per heavy atom. The van der Waals surface area contributed by atoms with Crippen LogP contribution in [0.2, 0.25) is 5.02 Å². The molecule has 278 valence electrons. The summed E-state index contributed by atoms with van der Waals surface area (Å²) in [4.78, 5) is 35.8. The third-order valence-corrected chi connectivity index (χ3v) is 15.5. The van der Waals surface area contributed by atoms with Gasteiger partial charge in [-0.1, -0.05) is 73.9 Å². The fourth-order valence-electron chi connectivity index (χ4n) is 12.6. The van der Waals surface area contributed by atoms with Crippen LogP contribution in [0.4, 0.5) is 0 Å². The molecule has 10 heteroatoms. The number of aliphatic hydroxyl groups is 1. The van der Waals surface area contributed by atoms with E-state index < -0.39 is 10.8 Å². The zero-order valence-electron chi connectivity index (χ0n) is 32.1. The number of carbonyl (C=O) groups is 2. The molecule has 1 N–H and O–H groups in total. The Balaban J connectivity index is 1.21. The van der Waals surface area contributed by atoms with Crippen molar-refractivity contribution in [1.82, 2.24) is 20.2 Å². The predicted molar refractivity (Wildman–Crippen MR) is 194 cm³/mol. The van der Waals surface area contributed by atoms with Crippen LogP contribution in [-0.2, 0) is 19.7 Å². The Morgan fingerprint density at radius 1 is 0.980 bits per heavy atom. The largest absolute Gasteiger partial charge is 0.462 e. The average molecular weight is 721 g/mol. The van der Waals surface area contributed by atoms with Crippen LogP contribution in [0, 0.1) is 50.7 Å². The van der Waals surface area contributed by atoms with Crippen LogP contribution in [0.25, 0.3) is 11.7 Å². The lowest BCUT2D eigenvalue weighted by Gasteiger charge is -2.72. The van der Waals surface area contributed by atoms with Gasteiger partial charge in [0, 0.05) is 30.8 Å². The van der Waals surface area contributed by atoms with E-state index in [0.29, 0.717) is 35.0 Å². The lowest BCUT2D eigenvalue weighted by Crippen LogP contribution is -2.66. The fourth-order valence-corrected chi connectivity index (χ4v) is 12.7. The number of aromatic nitrogens is 4. The number of fused-ring (bicyclic) bond motifs is 7. The lowest BCUT2D eigenvalue weighted by atomic mass is 9.33. The summed E-state index contributed by atoms with van der Waals surface area (Å²) >= 11 is 6.05. The maximum Gasteiger partial charge on any atom is 0.306 e. The van der Waals surface area contributed by atoms with E-state index in [1.165, 1.54) is 18.0 Å². The van der Waals surface area contributed by atoms with Crippen molar-refractivity contribution in [3.63, 3.8) is 0 Å². The topological polar surface area (TPSA) is 128 Å².